The van der Waals surface area contributed by atoms with Crippen LogP contribution in [0.1, 0.15) is 239 Å². The summed E-state index contributed by atoms with van der Waals surface area (Å²) in [5.74, 6) is -0.877. The van der Waals surface area contributed by atoms with Crippen LogP contribution >= 0.6 is 0 Å². The lowest BCUT2D eigenvalue weighted by molar-refractivity contribution is -0.167. The van der Waals surface area contributed by atoms with E-state index in [2.05, 4.69) is 20.8 Å². The average molecular weight is 695 g/mol. The maximum absolute atomic E-state index is 12.5. The lowest BCUT2D eigenvalue weighted by Gasteiger charge is -2.18. The minimum Gasteiger partial charge on any atom is -0.462 e. The second-order valence-corrected chi connectivity index (χ2v) is 14.6. The Morgan fingerprint density at radius 3 is 0.816 bits per heavy atom. The molecule has 0 aliphatic carbocycles. The number of rotatable bonds is 39. The minimum absolute atomic E-state index is 0.0650. The van der Waals surface area contributed by atoms with Crippen LogP contribution in [-0.4, -0.2) is 37.2 Å². The van der Waals surface area contributed by atoms with Crippen molar-refractivity contribution in [1.29, 1.82) is 0 Å². The number of hydrogen-bond acceptors (Lipinski definition) is 6. The smallest absolute Gasteiger partial charge is 0.306 e. The molecule has 0 amide bonds. The number of hydrogen-bond donors (Lipinski definition) is 0. The fourth-order valence-corrected chi connectivity index (χ4v) is 6.32. The topological polar surface area (TPSA) is 78.9 Å². The number of ether oxygens (including phenoxy) is 3. The number of unbranched alkanes of at least 4 members (excludes halogenated alkanes) is 28. The first kappa shape index (κ1) is 47.4. The number of carbonyl (C=O) groups excluding carboxylic acids is 3. The van der Waals surface area contributed by atoms with Crippen molar-refractivity contribution >= 4 is 17.9 Å². The summed E-state index contributed by atoms with van der Waals surface area (Å²) in [5.41, 5.74) is 0. The summed E-state index contributed by atoms with van der Waals surface area (Å²) in [6.07, 6.45) is 38.5. The molecule has 0 spiro atoms. The summed E-state index contributed by atoms with van der Waals surface area (Å²) >= 11 is 0. The van der Waals surface area contributed by atoms with Crippen molar-refractivity contribution in [3.63, 3.8) is 0 Å². The Bertz CT molecular complexity index is 723. The minimum atomic E-state index is -0.754. The van der Waals surface area contributed by atoms with Gasteiger partial charge in [0, 0.05) is 19.3 Å². The van der Waals surface area contributed by atoms with Gasteiger partial charge in [-0.25, -0.2) is 0 Å². The summed E-state index contributed by atoms with van der Waals surface area (Å²) in [5, 5.41) is 0. The van der Waals surface area contributed by atoms with Gasteiger partial charge in [-0.2, -0.15) is 0 Å². The van der Waals surface area contributed by atoms with E-state index in [0.29, 0.717) is 19.3 Å². The molecule has 0 aliphatic heterocycles. The van der Waals surface area contributed by atoms with Gasteiger partial charge in [0.05, 0.1) is 0 Å². The molecule has 0 aromatic rings. The van der Waals surface area contributed by atoms with Gasteiger partial charge in [0.25, 0.3) is 0 Å². The van der Waals surface area contributed by atoms with Gasteiger partial charge in [-0.1, -0.05) is 201 Å². The molecule has 0 rings (SSSR count). The molecule has 0 N–H and O–H groups in total. The first-order valence-electron chi connectivity index (χ1n) is 21.5. The van der Waals surface area contributed by atoms with E-state index in [-0.39, 0.29) is 31.1 Å². The molecule has 0 aromatic heterocycles. The zero-order valence-corrected chi connectivity index (χ0v) is 33.0. The van der Waals surface area contributed by atoms with Gasteiger partial charge >= 0.3 is 17.9 Å². The average Bonchev–Trinajstić information content (AvgIpc) is 3.10. The Balaban J connectivity index is 4.03. The second kappa shape index (κ2) is 39.2. The molecular weight excluding hydrogens is 612 g/mol. The lowest BCUT2D eigenvalue weighted by atomic mass is 10.0. The third-order valence-electron chi connectivity index (χ3n) is 9.61. The molecule has 0 bridgehead atoms. The highest BCUT2D eigenvalue weighted by Gasteiger charge is 2.19. The largest absolute Gasteiger partial charge is 0.462 e. The third kappa shape index (κ3) is 37.5. The third-order valence-corrected chi connectivity index (χ3v) is 9.61. The van der Waals surface area contributed by atoms with Crippen LogP contribution in [0.3, 0.4) is 0 Å². The predicted molar refractivity (Wildman–Crippen MR) is 206 cm³/mol. The summed E-state index contributed by atoms with van der Waals surface area (Å²) in [4.78, 5) is 37.2. The molecule has 0 saturated heterocycles. The lowest BCUT2D eigenvalue weighted by Crippen LogP contribution is -2.30. The molecule has 1 unspecified atom stereocenters. The SMILES string of the molecule is CCCCCCCCCCCCCCCCCCCCCC(=O)OCC(COC(=O)CCCCCCCC)OC(=O)CCCCCCCC. The van der Waals surface area contributed by atoms with E-state index in [1.54, 1.807) is 0 Å². The summed E-state index contributed by atoms with van der Waals surface area (Å²) in [6, 6.07) is 0. The van der Waals surface area contributed by atoms with E-state index in [0.717, 1.165) is 57.8 Å². The molecular formula is C43H82O6. The highest BCUT2D eigenvalue weighted by Crippen LogP contribution is 2.16. The van der Waals surface area contributed by atoms with Gasteiger partial charge < -0.3 is 14.2 Å². The van der Waals surface area contributed by atoms with Gasteiger partial charge in [-0.3, -0.25) is 14.4 Å². The molecule has 0 aromatic carbocycles. The maximum atomic E-state index is 12.5. The van der Waals surface area contributed by atoms with Crippen molar-refractivity contribution in [3.05, 3.63) is 0 Å². The van der Waals surface area contributed by atoms with Crippen molar-refractivity contribution in [1.82, 2.24) is 0 Å². The number of carbonyl (C=O) groups is 3. The second-order valence-electron chi connectivity index (χ2n) is 14.6. The van der Waals surface area contributed by atoms with E-state index in [1.165, 1.54) is 141 Å². The number of esters is 3. The zero-order chi connectivity index (χ0) is 35.9. The molecule has 6 nitrogen and oxygen atoms in total. The van der Waals surface area contributed by atoms with Crippen LogP contribution in [0.2, 0.25) is 0 Å². The van der Waals surface area contributed by atoms with E-state index in [4.69, 9.17) is 14.2 Å². The van der Waals surface area contributed by atoms with Crippen LogP contribution in [-0.2, 0) is 28.6 Å². The van der Waals surface area contributed by atoms with Crippen molar-refractivity contribution in [2.45, 2.75) is 245 Å². The summed E-state index contributed by atoms with van der Waals surface area (Å²) in [7, 11) is 0. The fourth-order valence-electron chi connectivity index (χ4n) is 6.32. The zero-order valence-electron chi connectivity index (χ0n) is 33.0. The van der Waals surface area contributed by atoms with Crippen LogP contribution in [0, 0.1) is 0 Å². The maximum Gasteiger partial charge on any atom is 0.306 e. The molecule has 0 radical (unpaired) electrons. The first-order valence-corrected chi connectivity index (χ1v) is 21.5. The van der Waals surface area contributed by atoms with Crippen molar-refractivity contribution in [3.8, 4) is 0 Å². The molecule has 0 heterocycles. The van der Waals surface area contributed by atoms with Gasteiger partial charge in [0.1, 0.15) is 13.2 Å². The first-order chi connectivity index (χ1) is 24.0. The predicted octanol–water partition coefficient (Wildman–Crippen LogP) is 13.3. The highest BCUT2D eigenvalue weighted by molar-refractivity contribution is 5.71. The Kier molecular flexibility index (Phi) is 37.9. The van der Waals surface area contributed by atoms with Crippen LogP contribution in [0.5, 0.6) is 0 Å². The quantitative estimate of drug-likeness (QED) is 0.0362. The Morgan fingerprint density at radius 1 is 0.327 bits per heavy atom. The van der Waals surface area contributed by atoms with Crippen molar-refractivity contribution in [2.24, 2.45) is 0 Å². The summed E-state index contributed by atoms with van der Waals surface area (Å²) < 4.78 is 16.5. The van der Waals surface area contributed by atoms with E-state index >= 15 is 0 Å². The fraction of sp³-hybridized carbons (Fsp3) is 0.930. The highest BCUT2D eigenvalue weighted by atomic mass is 16.6. The Hall–Kier alpha value is -1.59. The molecule has 49 heavy (non-hydrogen) atoms. The van der Waals surface area contributed by atoms with E-state index in [9.17, 15) is 14.4 Å². The Labute approximate surface area is 304 Å². The van der Waals surface area contributed by atoms with E-state index < -0.39 is 6.10 Å². The standard InChI is InChI=1S/C43H82O6/c1-4-7-10-13-16-17-18-19-20-21-22-23-24-25-26-27-28-31-33-36-42(45)48-39-40(49-43(46)37-34-30-15-12-9-6-3)38-47-41(44)35-32-29-14-11-8-5-2/h40H,4-39H2,1-3H3. The van der Waals surface area contributed by atoms with Crippen LogP contribution < -0.4 is 0 Å². The van der Waals surface area contributed by atoms with Gasteiger partial charge in [-0.05, 0) is 19.3 Å². The molecule has 0 saturated carbocycles. The Morgan fingerprint density at radius 2 is 0.551 bits per heavy atom. The normalized spacial score (nSPS) is 11.8. The summed E-state index contributed by atoms with van der Waals surface area (Å²) in [6.45, 7) is 6.53. The van der Waals surface area contributed by atoms with E-state index in [1.807, 2.05) is 0 Å². The van der Waals surface area contributed by atoms with Gasteiger partial charge in [0.15, 0.2) is 6.10 Å². The van der Waals surface area contributed by atoms with Crippen molar-refractivity contribution in [2.75, 3.05) is 13.2 Å². The molecule has 0 aliphatic rings. The van der Waals surface area contributed by atoms with Gasteiger partial charge in [-0.15, -0.1) is 0 Å². The molecule has 1 atom stereocenters. The van der Waals surface area contributed by atoms with Crippen molar-refractivity contribution < 1.29 is 28.6 Å². The molecule has 0 fully saturated rings. The molecule has 290 valence electrons. The monoisotopic (exact) mass is 695 g/mol. The van der Waals surface area contributed by atoms with Crippen LogP contribution in [0.25, 0.3) is 0 Å². The van der Waals surface area contributed by atoms with Gasteiger partial charge in [0.2, 0.25) is 0 Å². The van der Waals surface area contributed by atoms with Crippen LogP contribution in [0.15, 0.2) is 0 Å². The molecule has 6 heteroatoms. The van der Waals surface area contributed by atoms with Crippen LogP contribution in [0.4, 0.5) is 0 Å².